The second kappa shape index (κ2) is 3.09. The van der Waals surface area contributed by atoms with Crippen LogP contribution in [0, 0.1) is 0 Å². The zero-order valence-electron chi connectivity index (χ0n) is 5.65. The van der Waals surface area contributed by atoms with E-state index < -0.39 is 30.9 Å². The summed E-state index contributed by atoms with van der Waals surface area (Å²) in [6.07, 6.45) is -1.48. The van der Waals surface area contributed by atoms with E-state index in [2.05, 4.69) is 0 Å². The molecule has 0 aromatic heterocycles. The van der Waals surface area contributed by atoms with Crippen LogP contribution in [0.3, 0.4) is 0 Å². The van der Waals surface area contributed by atoms with E-state index >= 15 is 0 Å². The number of rotatable bonds is 1. The van der Waals surface area contributed by atoms with Crippen molar-refractivity contribution in [2.45, 2.75) is 12.6 Å². The molecule has 62 valence electrons. The van der Waals surface area contributed by atoms with Crippen LogP contribution in [0.5, 0.6) is 0 Å². The fourth-order valence-electron chi connectivity index (χ4n) is 0.862. The highest BCUT2D eigenvalue weighted by molar-refractivity contribution is 5.29. The number of hydrogen-bond donors (Lipinski definition) is 1. The molecule has 1 N–H and O–H groups in total. The zero-order valence-corrected chi connectivity index (χ0v) is 5.65. The highest BCUT2D eigenvalue weighted by atomic mass is 19.2. The van der Waals surface area contributed by atoms with Gasteiger partial charge in [0.05, 0.1) is 6.61 Å². The number of aliphatic hydroxyl groups is 1. The van der Waals surface area contributed by atoms with E-state index in [4.69, 9.17) is 5.11 Å². The third-order valence-corrected chi connectivity index (χ3v) is 1.51. The normalized spacial score (nSPS) is 25.5. The van der Waals surface area contributed by atoms with E-state index in [1.807, 2.05) is 0 Å². The highest BCUT2D eigenvalue weighted by Gasteiger charge is 2.22. The van der Waals surface area contributed by atoms with E-state index in [0.717, 1.165) is 0 Å². The van der Waals surface area contributed by atoms with Crippen LogP contribution in [0.15, 0.2) is 23.3 Å². The summed E-state index contributed by atoms with van der Waals surface area (Å²) in [4.78, 5) is 0. The van der Waals surface area contributed by atoms with Gasteiger partial charge in [0, 0.05) is 6.42 Å². The topological polar surface area (TPSA) is 20.2 Å². The van der Waals surface area contributed by atoms with Gasteiger partial charge in [0.15, 0.2) is 5.83 Å². The van der Waals surface area contributed by atoms with E-state index in [1.165, 1.54) is 0 Å². The molecule has 0 saturated carbocycles. The Labute approximate surface area is 61.8 Å². The number of allylic oxidation sites excluding steroid dienone is 3. The summed E-state index contributed by atoms with van der Waals surface area (Å²) in [5, 5.41) is 8.45. The van der Waals surface area contributed by atoms with Crippen molar-refractivity contribution in [1.82, 2.24) is 0 Å². The Hall–Kier alpha value is -0.770. The maximum Gasteiger partial charge on any atom is 0.154 e. The molecular weight excluding hydrogens is 157 g/mol. The Bertz CT molecular complexity index is 220. The van der Waals surface area contributed by atoms with Crippen molar-refractivity contribution >= 4 is 0 Å². The molecule has 11 heavy (non-hydrogen) atoms. The molecule has 1 aliphatic rings. The number of halogens is 3. The Kier molecular flexibility index (Phi) is 2.34. The molecule has 1 atom stereocenters. The van der Waals surface area contributed by atoms with Crippen molar-refractivity contribution in [2.75, 3.05) is 6.61 Å². The van der Waals surface area contributed by atoms with Crippen LogP contribution in [0.1, 0.15) is 6.42 Å². The molecule has 1 unspecified atom stereocenters. The van der Waals surface area contributed by atoms with Gasteiger partial charge in [-0.15, -0.1) is 0 Å². The van der Waals surface area contributed by atoms with Crippen LogP contribution in [0.4, 0.5) is 13.2 Å². The fraction of sp³-hybridized carbons (Fsp3) is 0.429. The number of hydrogen-bond acceptors (Lipinski definition) is 1. The predicted octanol–water partition coefficient (Wildman–Crippen LogP) is 1.80. The van der Waals surface area contributed by atoms with Gasteiger partial charge < -0.3 is 5.11 Å². The highest BCUT2D eigenvalue weighted by Crippen LogP contribution is 2.27. The molecular formula is C7H7F3O. The summed E-state index contributed by atoms with van der Waals surface area (Å²) < 4.78 is 37.2. The third-order valence-electron chi connectivity index (χ3n) is 1.51. The predicted molar refractivity (Wildman–Crippen MR) is 33.9 cm³/mol. The van der Waals surface area contributed by atoms with Crippen LogP contribution in [-0.4, -0.2) is 17.9 Å². The smallest absolute Gasteiger partial charge is 0.154 e. The van der Waals surface area contributed by atoms with Gasteiger partial charge in [0.2, 0.25) is 0 Å². The minimum Gasteiger partial charge on any atom is -0.392 e. The van der Waals surface area contributed by atoms with Crippen molar-refractivity contribution in [2.24, 2.45) is 0 Å². The van der Waals surface area contributed by atoms with Crippen molar-refractivity contribution in [3.8, 4) is 0 Å². The van der Waals surface area contributed by atoms with E-state index in [0.29, 0.717) is 6.08 Å². The molecule has 0 aliphatic heterocycles. The van der Waals surface area contributed by atoms with Gasteiger partial charge in [0.25, 0.3) is 0 Å². The van der Waals surface area contributed by atoms with Gasteiger partial charge >= 0.3 is 0 Å². The van der Waals surface area contributed by atoms with Crippen LogP contribution >= 0.6 is 0 Å². The Morgan fingerprint density at radius 2 is 2.18 bits per heavy atom. The molecule has 0 bridgehead atoms. The second-order valence-corrected chi connectivity index (χ2v) is 2.30. The van der Waals surface area contributed by atoms with Gasteiger partial charge in [-0.2, -0.15) is 0 Å². The first-order valence-corrected chi connectivity index (χ1v) is 3.14. The van der Waals surface area contributed by atoms with E-state index in [9.17, 15) is 13.2 Å². The van der Waals surface area contributed by atoms with Crippen LogP contribution in [0.2, 0.25) is 0 Å². The quantitative estimate of drug-likeness (QED) is 0.626. The monoisotopic (exact) mass is 164 g/mol. The second-order valence-electron chi connectivity index (χ2n) is 2.30. The van der Waals surface area contributed by atoms with Crippen molar-refractivity contribution in [3.63, 3.8) is 0 Å². The summed E-state index contributed by atoms with van der Waals surface area (Å²) in [5.41, 5.74) is -0.107. The lowest BCUT2D eigenvalue weighted by atomic mass is 10.0. The molecule has 0 fully saturated rings. The molecule has 4 heteroatoms. The lowest BCUT2D eigenvalue weighted by Gasteiger charge is -2.13. The summed E-state index contributed by atoms with van der Waals surface area (Å²) >= 11 is 0. The van der Waals surface area contributed by atoms with Gasteiger partial charge in [-0.1, -0.05) is 0 Å². The SMILES string of the molecule is OCC1=CC(F)=C(F)CC1F. The molecule has 0 heterocycles. The van der Waals surface area contributed by atoms with E-state index in [1.54, 1.807) is 0 Å². The Balaban J connectivity index is 2.87. The Morgan fingerprint density at radius 1 is 1.55 bits per heavy atom. The van der Waals surface area contributed by atoms with Gasteiger partial charge in [0.1, 0.15) is 12.0 Å². The Morgan fingerprint density at radius 3 is 2.73 bits per heavy atom. The first-order valence-electron chi connectivity index (χ1n) is 3.14. The largest absolute Gasteiger partial charge is 0.392 e. The van der Waals surface area contributed by atoms with Crippen LogP contribution < -0.4 is 0 Å². The minimum absolute atomic E-state index is 0.107. The maximum absolute atomic E-state index is 12.6. The van der Waals surface area contributed by atoms with E-state index in [-0.39, 0.29) is 5.57 Å². The molecule has 0 amide bonds. The summed E-state index contributed by atoms with van der Waals surface area (Å²) in [6, 6.07) is 0. The third kappa shape index (κ3) is 1.63. The average Bonchev–Trinajstić information content (AvgIpc) is 1.97. The molecule has 1 nitrogen and oxygen atoms in total. The molecule has 0 saturated heterocycles. The molecule has 0 aromatic carbocycles. The van der Waals surface area contributed by atoms with Gasteiger partial charge in [-0.05, 0) is 11.6 Å². The number of alkyl halides is 1. The first kappa shape index (κ1) is 8.33. The lowest BCUT2D eigenvalue weighted by molar-refractivity contribution is 0.270. The lowest BCUT2D eigenvalue weighted by Crippen LogP contribution is -2.12. The standard InChI is InChI=1S/C7H7F3O/c8-5-2-7(10)6(9)1-4(5)3-11/h1,5,11H,2-3H2. The summed E-state index contributed by atoms with van der Waals surface area (Å²) in [7, 11) is 0. The van der Waals surface area contributed by atoms with Gasteiger partial charge in [-0.25, -0.2) is 13.2 Å². The minimum atomic E-state index is -1.58. The first-order chi connectivity index (χ1) is 5.15. The molecule has 1 rings (SSSR count). The van der Waals surface area contributed by atoms with Crippen molar-refractivity contribution in [3.05, 3.63) is 23.3 Å². The van der Waals surface area contributed by atoms with Crippen LogP contribution in [-0.2, 0) is 0 Å². The average molecular weight is 164 g/mol. The molecule has 0 aromatic rings. The fourth-order valence-corrected chi connectivity index (χ4v) is 0.862. The summed E-state index contributed by atoms with van der Waals surface area (Å²) in [6.45, 7) is -0.568. The maximum atomic E-state index is 12.6. The van der Waals surface area contributed by atoms with Crippen LogP contribution in [0.25, 0.3) is 0 Å². The molecule has 0 spiro atoms. The molecule has 1 aliphatic carbocycles. The van der Waals surface area contributed by atoms with Crippen molar-refractivity contribution < 1.29 is 18.3 Å². The zero-order chi connectivity index (χ0) is 8.43. The van der Waals surface area contributed by atoms with Crippen molar-refractivity contribution in [1.29, 1.82) is 0 Å². The molecule has 0 radical (unpaired) electrons. The summed E-state index contributed by atoms with van der Waals surface area (Å²) in [5.74, 6) is -2.17. The van der Waals surface area contributed by atoms with Gasteiger partial charge in [-0.3, -0.25) is 0 Å². The number of aliphatic hydroxyl groups excluding tert-OH is 1.